The lowest BCUT2D eigenvalue weighted by atomic mass is 10.1. The molecular formula is C16H12ClN3O2. The third-order valence-electron chi connectivity index (χ3n) is 3.31. The molecule has 2 N–H and O–H groups in total. The summed E-state index contributed by atoms with van der Waals surface area (Å²) in [6.45, 7) is 0.285. The summed E-state index contributed by atoms with van der Waals surface area (Å²) in [6.07, 6.45) is 0. The first-order valence-electron chi connectivity index (χ1n) is 6.66. The largest absolute Gasteiger partial charge is 0.346 e. The monoisotopic (exact) mass is 313 g/mol. The highest BCUT2D eigenvalue weighted by atomic mass is 35.5. The van der Waals surface area contributed by atoms with E-state index in [1.165, 1.54) is 0 Å². The van der Waals surface area contributed by atoms with Gasteiger partial charge >= 0.3 is 0 Å². The number of nitrogens with zero attached hydrogens (tertiary/aromatic N) is 1. The molecule has 0 saturated carbocycles. The summed E-state index contributed by atoms with van der Waals surface area (Å²) in [4.78, 5) is 24.0. The lowest BCUT2D eigenvalue weighted by Gasteiger charge is -2.08. The highest BCUT2D eigenvalue weighted by molar-refractivity contribution is 6.31. The Balaban J connectivity index is 1.89. The van der Waals surface area contributed by atoms with Gasteiger partial charge < -0.3 is 5.32 Å². The zero-order chi connectivity index (χ0) is 15.5. The maximum atomic E-state index is 12.3. The number of nitrogens with one attached hydrogen (secondary N) is 2. The van der Waals surface area contributed by atoms with Gasteiger partial charge in [-0.05, 0) is 17.7 Å². The molecule has 110 valence electrons. The van der Waals surface area contributed by atoms with Crippen LogP contribution in [0.4, 0.5) is 0 Å². The maximum Gasteiger partial charge on any atom is 0.272 e. The van der Waals surface area contributed by atoms with Gasteiger partial charge in [-0.2, -0.15) is 5.10 Å². The molecule has 0 aliphatic carbocycles. The van der Waals surface area contributed by atoms with Crippen molar-refractivity contribution in [3.63, 3.8) is 0 Å². The number of amides is 1. The molecule has 0 atom stereocenters. The van der Waals surface area contributed by atoms with Crippen molar-refractivity contribution < 1.29 is 4.79 Å². The number of hydrogen-bond donors (Lipinski definition) is 2. The van der Waals surface area contributed by atoms with Crippen LogP contribution >= 0.6 is 11.6 Å². The van der Waals surface area contributed by atoms with Crippen molar-refractivity contribution >= 4 is 28.3 Å². The van der Waals surface area contributed by atoms with Gasteiger partial charge in [-0.15, -0.1) is 0 Å². The standard InChI is InChI=1S/C16H12ClN3O2/c17-13-8-4-1-5-10(13)9-18-16(22)14-11-6-2-3-7-12(11)15(21)20-19-14/h1-8H,9H2,(H,18,22)(H,20,21). The fourth-order valence-corrected chi connectivity index (χ4v) is 2.39. The Bertz CT molecular complexity index is 905. The summed E-state index contributed by atoms with van der Waals surface area (Å²) in [5.74, 6) is -0.368. The Morgan fingerprint density at radius 1 is 1.09 bits per heavy atom. The Kier molecular flexibility index (Phi) is 3.89. The zero-order valence-electron chi connectivity index (χ0n) is 11.5. The summed E-state index contributed by atoms with van der Waals surface area (Å²) < 4.78 is 0. The number of hydrogen-bond acceptors (Lipinski definition) is 3. The molecule has 3 aromatic rings. The lowest BCUT2D eigenvalue weighted by Crippen LogP contribution is -2.26. The molecule has 2 aromatic carbocycles. The topological polar surface area (TPSA) is 74.8 Å². The minimum Gasteiger partial charge on any atom is -0.346 e. The molecule has 1 aromatic heterocycles. The number of aromatic nitrogens is 2. The van der Waals surface area contributed by atoms with Crippen molar-refractivity contribution in [1.82, 2.24) is 15.5 Å². The van der Waals surface area contributed by atoms with E-state index in [0.29, 0.717) is 15.8 Å². The summed E-state index contributed by atoms with van der Waals surface area (Å²) in [6, 6.07) is 14.1. The summed E-state index contributed by atoms with van der Waals surface area (Å²) in [5.41, 5.74) is 0.673. The van der Waals surface area contributed by atoms with Crippen LogP contribution in [0.1, 0.15) is 16.1 Å². The second-order valence-corrected chi connectivity index (χ2v) is 5.13. The number of rotatable bonds is 3. The number of carbonyl (C=O) groups excluding carboxylic acids is 1. The van der Waals surface area contributed by atoms with Gasteiger partial charge in [0.2, 0.25) is 0 Å². The molecule has 0 fully saturated rings. The Morgan fingerprint density at radius 3 is 2.55 bits per heavy atom. The van der Waals surface area contributed by atoms with E-state index in [9.17, 15) is 9.59 Å². The first-order valence-corrected chi connectivity index (χ1v) is 7.03. The molecule has 0 unspecified atom stereocenters. The van der Waals surface area contributed by atoms with Crippen molar-refractivity contribution in [2.45, 2.75) is 6.54 Å². The van der Waals surface area contributed by atoms with Crippen molar-refractivity contribution in [3.8, 4) is 0 Å². The third-order valence-corrected chi connectivity index (χ3v) is 3.68. The van der Waals surface area contributed by atoms with Gasteiger partial charge in [0.1, 0.15) is 0 Å². The number of aromatic amines is 1. The number of halogens is 1. The van der Waals surface area contributed by atoms with Crippen molar-refractivity contribution in [3.05, 3.63) is 75.2 Å². The fraction of sp³-hybridized carbons (Fsp3) is 0.0625. The second-order valence-electron chi connectivity index (χ2n) is 4.72. The van der Waals surface area contributed by atoms with Gasteiger partial charge in [0, 0.05) is 17.0 Å². The normalized spacial score (nSPS) is 10.6. The molecule has 0 radical (unpaired) electrons. The molecule has 0 bridgehead atoms. The minimum absolute atomic E-state index is 0.183. The SMILES string of the molecule is O=C(NCc1ccccc1Cl)c1n[nH]c(=O)c2ccccc12. The fourth-order valence-electron chi connectivity index (χ4n) is 2.19. The average Bonchev–Trinajstić information content (AvgIpc) is 2.54. The molecular weight excluding hydrogens is 302 g/mol. The first-order chi connectivity index (χ1) is 10.7. The van der Waals surface area contributed by atoms with Crippen LogP contribution in [0.2, 0.25) is 5.02 Å². The van der Waals surface area contributed by atoms with Crippen molar-refractivity contribution in [2.24, 2.45) is 0 Å². The van der Waals surface area contributed by atoms with Crippen LogP contribution in [0.15, 0.2) is 53.3 Å². The second kappa shape index (κ2) is 5.99. The highest BCUT2D eigenvalue weighted by Gasteiger charge is 2.13. The quantitative estimate of drug-likeness (QED) is 0.780. The van der Waals surface area contributed by atoms with E-state index in [1.54, 1.807) is 30.3 Å². The van der Waals surface area contributed by atoms with Crippen LogP contribution in [-0.4, -0.2) is 16.1 Å². The Hall–Kier alpha value is -2.66. The number of carbonyl (C=O) groups is 1. The highest BCUT2D eigenvalue weighted by Crippen LogP contribution is 2.15. The van der Waals surface area contributed by atoms with Crippen molar-refractivity contribution in [1.29, 1.82) is 0 Å². The van der Waals surface area contributed by atoms with E-state index >= 15 is 0 Å². The molecule has 0 aliphatic rings. The molecule has 0 spiro atoms. The van der Waals surface area contributed by atoms with Gasteiger partial charge in [-0.25, -0.2) is 5.10 Å². The van der Waals surface area contributed by atoms with Gasteiger partial charge in [0.25, 0.3) is 11.5 Å². The van der Waals surface area contributed by atoms with Gasteiger partial charge in [-0.3, -0.25) is 9.59 Å². The summed E-state index contributed by atoms with van der Waals surface area (Å²) in [7, 11) is 0. The van der Waals surface area contributed by atoms with E-state index < -0.39 is 0 Å². The number of fused-ring (bicyclic) bond motifs is 1. The minimum atomic E-state index is -0.368. The number of H-pyrrole nitrogens is 1. The van der Waals surface area contributed by atoms with Crippen molar-refractivity contribution in [2.75, 3.05) is 0 Å². The molecule has 1 amide bonds. The molecule has 6 heteroatoms. The van der Waals surface area contributed by atoms with Crippen LogP contribution in [0.3, 0.4) is 0 Å². The molecule has 22 heavy (non-hydrogen) atoms. The van der Waals surface area contributed by atoms with Gasteiger partial charge in [0.05, 0.1) is 5.39 Å². The first kappa shape index (κ1) is 14.3. The van der Waals surface area contributed by atoms with E-state index in [0.717, 1.165) is 5.56 Å². The van der Waals surface area contributed by atoms with Crippen LogP contribution in [0.25, 0.3) is 10.8 Å². The van der Waals surface area contributed by atoms with E-state index in [-0.39, 0.29) is 23.7 Å². The molecule has 3 rings (SSSR count). The predicted octanol–water partition coefficient (Wildman–Crippen LogP) is 2.51. The Labute approximate surface area is 130 Å². The molecule has 5 nitrogen and oxygen atoms in total. The van der Waals surface area contributed by atoms with E-state index in [2.05, 4.69) is 15.5 Å². The maximum absolute atomic E-state index is 12.3. The molecule has 0 saturated heterocycles. The average molecular weight is 314 g/mol. The van der Waals surface area contributed by atoms with Crippen LogP contribution in [0, 0.1) is 0 Å². The molecule has 0 aliphatic heterocycles. The Morgan fingerprint density at radius 2 is 1.77 bits per heavy atom. The van der Waals surface area contributed by atoms with Crippen LogP contribution in [-0.2, 0) is 6.54 Å². The third kappa shape index (κ3) is 2.71. The van der Waals surface area contributed by atoms with Gasteiger partial charge in [0.15, 0.2) is 5.69 Å². The van der Waals surface area contributed by atoms with E-state index in [1.807, 2.05) is 18.2 Å². The van der Waals surface area contributed by atoms with E-state index in [4.69, 9.17) is 11.6 Å². The predicted molar refractivity (Wildman–Crippen MR) is 85.0 cm³/mol. The number of benzene rings is 2. The van der Waals surface area contributed by atoms with Crippen LogP contribution < -0.4 is 10.9 Å². The summed E-state index contributed by atoms with van der Waals surface area (Å²) in [5, 5.41) is 10.5. The van der Waals surface area contributed by atoms with Gasteiger partial charge in [-0.1, -0.05) is 48.0 Å². The van der Waals surface area contributed by atoms with Crippen LogP contribution in [0.5, 0.6) is 0 Å². The summed E-state index contributed by atoms with van der Waals surface area (Å²) >= 11 is 6.06. The molecule has 1 heterocycles. The lowest BCUT2D eigenvalue weighted by molar-refractivity contribution is 0.0947. The zero-order valence-corrected chi connectivity index (χ0v) is 12.2. The smallest absolute Gasteiger partial charge is 0.272 e.